The SMILES string of the molecule is O=CCC(C1CCCCC1)C(F)(F)F. The van der Waals surface area contributed by atoms with Crippen LogP contribution in [0.3, 0.4) is 0 Å². The molecule has 0 aliphatic heterocycles. The van der Waals surface area contributed by atoms with Gasteiger partial charge in [-0.3, -0.25) is 0 Å². The van der Waals surface area contributed by atoms with E-state index < -0.39 is 12.1 Å². The molecular formula is C10H15F3O. The van der Waals surface area contributed by atoms with Crippen molar-refractivity contribution in [1.29, 1.82) is 0 Å². The second kappa shape index (κ2) is 4.80. The van der Waals surface area contributed by atoms with Crippen molar-refractivity contribution in [2.45, 2.75) is 44.7 Å². The minimum Gasteiger partial charge on any atom is -0.303 e. The van der Waals surface area contributed by atoms with Crippen molar-refractivity contribution in [1.82, 2.24) is 0 Å². The molecule has 1 fully saturated rings. The lowest BCUT2D eigenvalue weighted by molar-refractivity contribution is -0.193. The van der Waals surface area contributed by atoms with E-state index in [9.17, 15) is 18.0 Å². The first-order chi connectivity index (χ1) is 6.55. The monoisotopic (exact) mass is 208 g/mol. The van der Waals surface area contributed by atoms with Gasteiger partial charge in [0.1, 0.15) is 6.29 Å². The maximum Gasteiger partial charge on any atom is 0.392 e. The first-order valence-electron chi connectivity index (χ1n) is 5.06. The van der Waals surface area contributed by atoms with Gasteiger partial charge >= 0.3 is 6.18 Å². The topological polar surface area (TPSA) is 17.1 Å². The van der Waals surface area contributed by atoms with E-state index in [2.05, 4.69) is 0 Å². The van der Waals surface area contributed by atoms with E-state index in [0.717, 1.165) is 19.3 Å². The van der Waals surface area contributed by atoms with Crippen molar-refractivity contribution >= 4 is 6.29 Å². The van der Waals surface area contributed by atoms with Crippen LogP contribution >= 0.6 is 0 Å². The van der Waals surface area contributed by atoms with Gasteiger partial charge in [0.15, 0.2) is 0 Å². The molecule has 0 aromatic heterocycles. The molecule has 0 saturated heterocycles. The Labute approximate surface area is 81.7 Å². The molecular weight excluding hydrogens is 193 g/mol. The first kappa shape index (κ1) is 11.5. The summed E-state index contributed by atoms with van der Waals surface area (Å²) in [7, 11) is 0. The van der Waals surface area contributed by atoms with Crippen molar-refractivity contribution in [3.63, 3.8) is 0 Å². The van der Waals surface area contributed by atoms with Gasteiger partial charge in [0.05, 0.1) is 5.92 Å². The van der Waals surface area contributed by atoms with Gasteiger partial charge in [-0.25, -0.2) is 0 Å². The molecule has 14 heavy (non-hydrogen) atoms. The summed E-state index contributed by atoms with van der Waals surface area (Å²) >= 11 is 0. The van der Waals surface area contributed by atoms with Crippen LogP contribution in [0.25, 0.3) is 0 Å². The van der Waals surface area contributed by atoms with E-state index in [0.29, 0.717) is 19.1 Å². The van der Waals surface area contributed by atoms with E-state index in [1.54, 1.807) is 0 Å². The van der Waals surface area contributed by atoms with Crippen molar-refractivity contribution in [3.05, 3.63) is 0 Å². The standard InChI is InChI=1S/C10H15F3O/c11-10(12,13)9(6-7-14)8-4-2-1-3-5-8/h7-9H,1-6H2. The molecule has 1 nitrogen and oxygen atoms in total. The number of carbonyl (C=O) groups is 1. The summed E-state index contributed by atoms with van der Waals surface area (Å²) in [4.78, 5) is 10.2. The number of hydrogen-bond donors (Lipinski definition) is 0. The zero-order chi connectivity index (χ0) is 10.6. The minimum absolute atomic E-state index is 0.325. The summed E-state index contributed by atoms with van der Waals surface area (Å²) in [6.07, 6.45) is -0.158. The summed E-state index contributed by atoms with van der Waals surface area (Å²) in [6, 6.07) is 0. The van der Waals surface area contributed by atoms with Gasteiger partial charge in [0.25, 0.3) is 0 Å². The summed E-state index contributed by atoms with van der Waals surface area (Å²) < 4.78 is 37.6. The molecule has 0 radical (unpaired) electrons. The Kier molecular flexibility index (Phi) is 3.96. The minimum atomic E-state index is -4.21. The van der Waals surface area contributed by atoms with Gasteiger partial charge in [-0.1, -0.05) is 19.3 Å². The van der Waals surface area contributed by atoms with Crippen molar-refractivity contribution in [2.75, 3.05) is 0 Å². The second-order valence-corrected chi connectivity index (χ2v) is 3.95. The Morgan fingerprint density at radius 2 is 1.79 bits per heavy atom. The highest BCUT2D eigenvalue weighted by Gasteiger charge is 2.44. The van der Waals surface area contributed by atoms with Gasteiger partial charge in [-0.2, -0.15) is 13.2 Å². The molecule has 0 spiro atoms. The Hall–Kier alpha value is -0.540. The third kappa shape index (κ3) is 3.00. The molecule has 0 aromatic rings. The molecule has 1 aliphatic rings. The lowest BCUT2D eigenvalue weighted by Gasteiger charge is -2.30. The Morgan fingerprint density at radius 3 is 2.21 bits per heavy atom. The van der Waals surface area contributed by atoms with Crippen LogP contribution in [-0.2, 0) is 4.79 Å². The van der Waals surface area contributed by atoms with Gasteiger partial charge in [-0.15, -0.1) is 0 Å². The van der Waals surface area contributed by atoms with Crippen molar-refractivity contribution in [2.24, 2.45) is 11.8 Å². The van der Waals surface area contributed by atoms with Crippen LogP contribution in [0.4, 0.5) is 13.2 Å². The zero-order valence-corrected chi connectivity index (χ0v) is 8.02. The summed E-state index contributed by atoms with van der Waals surface area (Å²) in [5.41, 5.74) is 0. The van der Waals surface area contributed by atoms with Gasteiger partial charge in [-0.05, 0) is 18.8 Å². The maximum atomic E-state index is 12.5. The number of carbonyl (C=O) groups excluding carboxylic acids is 1. The Morgan fingerprint density at radius 1 is 1.21 bits per heavy atom. The lowest BCUT2D eigenvalue weighted by atomic mass is 9.78. The molecule has 0 aromatic carbocycles. The van der Waals surface area contributed by atoms with Crippen LogP contribution in [0.15, 0.2) is 0 Å². The highest BCUT2D eigenvalue weighted by molar-refractivity contribution is 5.50. The lowest BCUT2D eigenvalue weighted by Crippen LogP contribution is -2.32. The highest BCUT2D eigenvalue weighted by Crippen LogP contribution is 2.40. The number of halogens is 3. The maximum absolute atomic E-state index is 12.5. The number of aldehydes is 1. The second-order valence-electron chi connectivity index (χ2n) is 3.95. The van der Waals surface area contributed by atoms with Gasteiger partial charge in [0, 0.05) is 6.42 Å². The van der Waals surface area contributed by atoms with Gasteiger partial charge < -0.3 is 4.79 Å². The molecule has 1 unspecified atom stereocenters. The van der Waals surface area contributed by atoms with Crippen LogP contribution in [-0.4, -0.2) is 12.5 Å². The molecule has 1 saturated carbocycles. The third-order valence-electron chi connectivity index (χ3n) is 2.99. The molecule has 1 rings (SSSR count). The van der Waals surface area contributed by atoms with Crippen LogP contribution in [0.1, 0.15) is 38.5 Å². The molecule has 1 atom stereocenters. The van der Waals surface area contributed by atoms with E-state index in [1.165, 1.54) is 0 Å². The number of rotatable bonds is 3. The normalized spacial score (nSPS) is 21.9. The molecule has 4 heteroatoms. The van der Waals surface area contributed by atoms with E-state index >= 15 is 0 Å². The highest BCUT2D eigenvalue weighted by atomic mass is 19.4. The predicted molar refractivity (Wildman–Crippen MR) is 46.8 cm³/mol. The number of hydrogen-bond acceptors (Lipinski definition) is 1. The largest absolute Gasteiger partial charge is 0.392 e. The molecule has 0 N–H and O–H groups in total. The smallest absolute Gasteiger partial charge is 0.303 e. The molecule has 0 heterocycles. The fraction of sp³-hybridized carbons (Fsp3) is 0.900. The molecule has 0 bridgehead atoms. The quantitative estimate of drug-likeness (QED) is 0.650. The fourth-order valence-corrected chi connectivity index (χ4v) is 2.23. The van der Waals surface area contributed by atoms with Crippen LogP contribution in [0, 0.1) is 11.8 Å². The van der Waals surface area contributed by atoms with Crippen LogP contribution in [0.2, 0.25) is 0 Å². The number of alkyl halides is 3. The molecule has 82 valence electrons. The summed E-state index contributed by atoms with van der Waals surface area (Å²) in [6.45, 7) is 0. The molecule has 1 aliphatic carbocycles. The third-order valence-corrected chi connectivity index (χ3v) is 2.99. The Bertz CT molecular complexity index is 182. The van der Waals surface area contributed by atoms with Crippen LogP contribution in [0.5, 0.6) is 0 Å². The van der Waals surface area contributed by atoms with Gasteiger partial charge in [0.2, 0.25) is 0 Å². The first-order valence-corrected chi connectivity index (χ1v) is 5.06. The zero-order valence-electron chi connectivity index (χ0n) is 8.02. The Balaban J connectivity index is 2.60. The van der Waals surface area contributed by atoms with Crippen molar-refractivity contribution in [3.8, 4) is 0 Å². The van der Waals surface area contributed by atoms with Crippen LogP contribution < -0.4 is 0 Å². The fourth-order valence-electron chi connectivity index (χ4n) is 2.23. The predicted octanol–water partition coefficient (Wildman–Crippen LogP) is 3.33. The average Bonchev–Trinajstić information content (AvgIpc) is 2.14. The summed E-state index contributed by atoms with van der Waals surface area (Å²) in [5.74, 6) is -1.73. The van der Waals surface area contributed by atoms with E-state index in [-0.39, 0.29) is 12.3 Å². The van der Waals surface area contributed by atoms with Crippen molar-refractivity contribution < 1.29 is 18.0 Å². The van der Waals surface area contributed by atoms with E-state index in [1.807, 2.05) is 0 Å². The van der Waals surface area contributed by atoms with E-state index in [4.69, 9.17) is 0 Å². The summed E-state index contributed by atoms with van der Waals surface area (Å²) in [5, 5.41) is 0. The molecule has 0 amide bonds. The average molecular weight is 208 g/mol.